The van der Waals surface area contributed by atoms with Gasteiger partial charge >= 0.3 is 0 Å². The van der Waals surface area contributed by atoms with Gasteiger partial charge in [0.25, 0.3) is 0 Å². The van der Waals surface area contributed by atoms with Gasteiger partial charge in [-0.05, 0) is 19.3 Å². The first-order valence-electron chi connectivity index (χ1n) is 5.10. The molecule has 3 rings (SSSR count). The van der Waals surface area contributed by atoms with Crippen LogP contribution in [0.2, 0.25) is 0 Å². The van der Waals surface area contributed by atoms with Crippen molar-refractivity contribution in [3.63, 3.8) is 0 Å². The molecule has 0 bridgehead atoms. The van der Waals surface area contributed by atoms with Gasteiger partial charge < -0.3 is 4.74 Å². The van der Waals surface area contributed by atoms with Crippen LogP contribution in [-0.4, -0.2) is 17.5 Å². The van der Waals surface area contributed by atoms with E-state index in [2.05, 4.69) is 15.9 Å². The Morgan fingerprint density at radius 1 is 1.25 bits per heavy atom. The third-order valence-electron chi connectivity index (χ3n) is 4.16. The fourth-order valence-electron chi connectivity index (χ4n) is 3.56. The second-order valence-corrected chi connectivity index (χ2v) is 5.57. The molecular weight excluding hydrogens is 216 g/mol. The lowest BCUT2D eigenvalue weighted by Gasteiger charge is -2.54. The quantitative estimate of drug-likeness (QED) is 0.582. The summed E-state index contributed by atoms with van der Waals surface area (Å²) in [5.74, 6) is 0.850. The topological polar surface area (TPSA) is 9.23 Å². The first-order chi connectivity index (χ1) is 5.84. The minimum atomic E-state index is 0.571. The second kappa shape index (κ2) is 2.48. The Bertz CT molecular complexity index is 198. The highest BCUT2D eigenvalue weighted by atomic mass is 79.9. The van der Waals surface area contributed by atoms with Gasteiger partial charge in [-0.3, -0.25) is 0 Å². The molecule has 1 heterocycles. The molecule has 0 aromatic heterocycles. The maximum absolute atomic E-state index is 5.83. The monoisotopic (exact) mass is 230 g/mol. The normalized spacial score (nSPS) is 49.2. The number of hydrogen-bond donors (Lipinski definition) is 0. The summed E-state index contributed by atoms with van der Waals surface area (Å²) in [5.41, 5.74) is 0.571. The highest BCUT2D eigenvalue weighted by Gasteiger charge is 2.63. The van der Waals surface area contributed by atoms with Gasteiger partial charge in [0.2, 0.25) is 0 Å². The molecule has 3 aliphatic rings. The first-order valence-corrected chi connectivity index (χ1v) is 6.02. The Kier molecular flexibility index (Phi) is 1.61. The van der Waals surface area contributed by atoms with Crippen molar-refractivity contribution >= 4 is 15.9 Å². The highest BCUT2D eigenvalue weighted by molar-refractivity contribution is 9.09. The zero-order valence-electron chi connectivity index (χ0n) is 7.26. The molecule has 68 valence electrons. The molecule has 0 N–H and O–H groups in total. The number of alkyl halides is 1. The molecule has 12 heavy (non-hydrogen) atoms. The van der Waals surface area contributed by atoms with E-state index in [9.17, 15) is 0 Å². The molecule has 1 nitrogen and oxygen atoms in total. The molecule has 0 radical (unpaired) electrons. The number of halogens is 1. The molecule has 0 aromatic carbocycles. The maximum atomic E-state index is 5.83. The fraction of sp³-hybridized carbons (Fsp3) is 1.00. The summed E-state index contributed by atoms with van der Waals surface area (Å²) < 4.78 is 5.83. The number of fused-ring (bicyclic) bond motifs is 2. The molecule has 0 aromatic rings. The summed E-state index contributed by atoms with van der Waals surface area (Å²) in [4.78, 5) is 0.778. The van der Waals surface area contributed by atoms with Crippen LogP contribution in [0.15, 0.2) is 0 Å². The highest BCUT2D eigenvalue weighted by Crippen LogP contribution is 2.63. The van der Waals surface area contributed by atoms with E-state index in [4.69, 9.17) is 4.74 Å². The molecule has 1 saturated heterocycles. The van der Waals surface area contributed by atoms with E-state index in [1.165, 1.54) is 32.1 Å². The van der Waals surface area contributed by atoms with Crippen molar-refractivity contribution in [3.8, 4) is 0 Å². The Morgan fingerprint density at radius 3 is 2.75 bits per heavy atom. The lowest BCUT2D eigenvalue weighted by molar-refractivity contribution is -0.0890. The van der Waals surface area contributed by atoms with Gasteiger partial charge in [-0.25, -0.2) is 0 Å². The van der Waals surface area contributed by atoms with Crippen molar-refractivity contribution in [2.24, 2.45) is 11.3 Å². The standard InChI is InChI=1S/C10H15BrO/c11-8-7-3-6-12-9(7)10(8)4-1-2-5-10/h7-9H,1-6H2. The van der Waals surface area contributed by atoms with Crippen LogP contribution in [-0.2, 0) is 4.74 Å². The number of hydrogen-bond acceptors (Lipinski definition) is 1. The minimum absolute atomic E-state index is 0.571. The lowest BCUT2D eigenvalue weighted by Crippen LogP contribution is -2.58. The SMILES string of the molecule is BrC1C2CCOC2C12CCCC2. The van der Waals surface area contributed by atoms with Crippen LogP contribution < -0.4 is 0 Å². The van der Waals surface area contributed by atoms with E-state index < -0.39 is 0 Å². The van der Waals surface area contributed by atoms with Crippen molar-refractivity contribution < 1.29 is 4.74 Å². The average Bonchev–Trinajstić information content (AvgIpc) is 2.72. The molecule has 0 amide bonds. The van der Waals surface area contributed by atoms with E-state index in [0.717, 1.165) is 17.4 Å². The molecule has 3 unspecified atom stereocenters. The second-order valence-electron chi connectivity index (χ2n) is 4.59. The van der Waals surface area contributed by atoms with Crippen LogP contribution in [0.1, 0.15) is 32.1 Å². The average molecular weight is 231 g/mol. The van der Waals surface area contributed by atoms with Crippen molar-refractivity contribution in [3.05, 3.63) is 0 Å². The summed E-state index contributed by atoms with van der Waals surface area (Å²) >= 11 is 3.87. The molecule has 2 saturated carbocycles. The van der Waals surface area contributed by atoms with Gasteiger partial charge in [-0.2, -0.15) is 0 Å². The van der Waals surface area contributed by atoms with E-state index in [0.29, 0.717) is 11.5 Å². The van der Waals surface area contributed by atoms with Crippen molar-refractivity contribution in [2.45, 2.75) is 43.0 Å². The van der Waals surface area contributed by atoms with E-state index in [1.807, 2.05) is 0 Å². The summed E-state index contributed by atoms with van der Waals surface area (Å²) in [6.45, 7) is 1.01. The van der Waals surface area contributed by atoms with Crippen LogP contribution in [0.3, 0.4) is 0 Å². The zero-order chi connectivity index (χ0) is 8.18. The van der Waals surface area contributed by atoms with Gasteiger partial charge in [0.05, 0.1) is 6.10 Å². The molecule has 3 fully saturated rings. The minimum Gasteiger partial charge on any atom is -0.377 e. The fourth-order valence-corrected chi connectivity index (χ4v) is 4.82. The van der Waals surface area contributed by atoms with Gasteiger partial charge in [-0.15, -0.1) is 0 Å². The molecule has 3 atom stereocenters. The van der Waals surface area contributed by atoms with Crippen LogP contribution in [0, 0.1) is 11.3 Å². The summed E-state index contributed by atoms with van der Waals surface area (Å²) in [6, 6.07) is 0. The van der Waals surface area contributed by atoms with E-state index in [-0.39, 0.29) is 0 Å². The molecular formula is C10H15BrO. The molecule has 1 aliphatic heterocycles. The molecule has 2 aliphatic carbocycles. The van der Waals surface area contributed by atoms with Crippen LogP contribution in [0.5, 0.6) is 0 Å². The largest absolute Gasteiger partial charge is 0.377 e. The summed E-state index contributed by atoms with van der Waals surface area (Å²) in [7, 11) is 0. The zero-order valence-corrected chi connectivity index (χ0v) is 8.85. The summed E-state index contributed by atoms with van der Waals surface area (Å²) in [5, 5.41) is 0. The molecule has 2 heteroatoms. The van der Waals surface area contributed by atoms with E-state index in [1.54, 1.807) is 0 Å². The number of rotatable bonds is 0. The third-order valence-corrected chi connectivity index (χ3v) is 5.75. The van der Waals surface area contributed by atoms with Gasteiger partial charge in [-0.1, -0.05) is 28.8 Å². The molecule has 1 spiro atoms. The maximum Gasteiger partial charge on any atom is 0.0681 e. The Hall–Kier alpha value is 0.440. The Balaban J connectivity index is 1.87. The van der Waals surface area contributed by atoms with Crippen LogP contribution in [0.25, 0.3) is 0 Å². The predicted molar refractivity (Wildman–Crippen MR) is 51.5 cm³/mol. The van der Waals surface area contributed by atoms with E-state index >= 15 is 0 Å². The van der Waals surface area contributed by atoms with Gasteiger partial charge in [0.1, 0.15) is 0 Å². The predicted octanol–water partition coefficient (Wildman–Crippen LogP) is 2.73. The van der Waals surface area contributed by atoms with Crippen molar-refractivity contribution in [1.82, 2.24) is 0 Å². The lowest BCUT2D eigenvalue weighted by atomic mass is 9.58. The smallest absolute Gasteiger partial charge is 0.0681 e. The van der Waals surface area contributed by atoms with Crippen LogP contribution in [0.4, 0.5) is 0 Å². The summed E-state index contributed by atoms with van der Waals surface area (Å²) in [6.07, 6.45) is 7.59. The van der Waals surface area contributed by atoms with Crippen molar-refractivity contribution in [1.29, 1.82) is 0 Å². The number of ether oxygens (including phenoxy) is 1. The van der Waals surface area contributed by atoms with Gasteiger partial charge in [0, 0.05) is 22.8 Å². The van der Waals surface area contributed by atoms with Gasteiger partial charge in [0.15, 0.2) is 0 Å². The van der Waals surface area contributed by atoms with Crippen LogP contribution >= 0.6 is 15.9 Å². The Labute approximate surface area is 82.0 Å². The third kappa shape index (κ3) is 0.741. The van der Waals surface area contributed by atoms with Crippen molar-refractivity contribution in [2.75, 3.05) is 6.61 Å². The first kappa shape index (κ1) is 7.81. The Morgan fingerprint density at radius 2 is 2.00 bits per heavy atom.